The van der Waals surface area contributed by atoms with Crippen LogP contribution in [-0.2, 0) is 16.0 Å². The number of aryl methyl sites for hydroxylation is 1. The van der Waals surface area contributed by atoms with Gasteiger partial charge in [-0.2, -0.15) is 0 Å². The highest BCUT2D eigenvalue weighted by Gasteiger charge is 2.02. The van der Waals surface area contributed by atoms with Crippen molar-refractivity contribution in [1.82, 2.24) is 5.32 Å². The molecule has 1 rings (SSSR count). The standard InChI is InChI=1S/C13H18N2O2/c1-3-11-4-6-12(7-5-11)15-13(17)8-9-14-10(2)16/h4-7H,3,8-9H2,1-2H3,(H,14,16)(H,15,17). The summed E-state index contributed by atoms with van der Waals surface area (Å²) in [6.45, 7) is 3.89. The minimum atomic E-state index is -0.120. The third-order valence-electron chi connectivity index (χ3n) is 2.37. The molecule has 92 valence electrons. The molecule has 0 bridgehead atoms. The molecule has 0 spiro atoms. The van der Waals surface area contributed by atoms with Crippen LogP contribution < -0.4 is 10.6 Å². The SMILES string of the molecule is CCc1ccc(NC(=O)CCNC(C)=O)cc1. The van der Waals surface area contributed by atoms with Gasteiger partial charge >= 0.3 is 0 Å². The van der Waals surface area contributed by atoms with Crippen LogP contribution in [-0.4, -0.2) is 18.4 Å². The van der Waals surface area contributed by atoms with Crippen LogP contribution in [0.25, 0.3) is 0 Å². The molecular formula is C13H18N2O2. The van der Waals surface area contributed by atoms with E-state index < -0.39 is 0 Å². The highest BCUT2D eigenvalue weighted by molar-refractivity contribution is 5.91. The fraction of sp³-hybridized carbons (Fsp3) is 0.385. The molecule has 0 heterocycles. The first-order valence-electron chi connectivity index (χ1n) is 5.75. The Kier molecular flexibility index (Phi) is 5.20. The van der Waals surface area contributed by atoms with Crippen molar-refractivity contribution in [2.24, 2.45) is 0 Å². The van der Waals surface area contributed by atoms with E-state index in [2.05, 4.69) is 17.6 Å². The van der Waals surface area contributed by atoms with Crippen LogP contribution in [0.1, 0.15) is 25.8 Å². The topological polar surface area (TPSA) is 58.2 Å². The van der Waals surface area contributed by atoms with Gasteiger partial charge in [-0.3, -0.25) is 9.59 Å². The Bertz CT molecular complexity index is 385. The number of rotatable bonds is 5. The maximum atomic E-state index is 11.5. The summed E-state index contributed by atoms with van der Waals surface area (Å²) < 4.78 is 0. The number of anilines is 1. The van der Waals surface area contributed by atoms with Crippen molar-refractivity contribution in [3.8, 4) is 0 Å². The third-order valence-corrected chi connectivity index (χ3v) is 2.37. The van der Waals surface area contributed by atoms with Gasteiger partial charge in [-0.05, 0) is 24.1 Å². The minimum Gasteiger partial charge on any atom is -0.356 e. The molecule has 2 N–H and O–H groups in total. The molecule has 0 radical (unpaired) electrons. The zero-order valence-electron chi connectivity index (χ0n) is 10.2. The van der Waals surface area contributed by atoms with E-state index in [9.17, 15) is 9.59 Å². The van der Waals surface area contributed by atoms with E-state index in [0.717, 1.165) is 12.1 Å². The molecule has 0 saturated carbocycles. The molecule has 0 fully saturated rings. The summed E-state index contributed by atoms with van der Waals surface area (Å²) in [6, 6.07) is 7.75. The van der Waals surface area contributed by atoms with Gasteiger partial charge in [0, 0.05) is 25.6 Å². The van der Waals surface area contributed by atoms with Crippen molar-refractivity contribution in [1.29, 1.82) is 0 Å². The minimum absolute atomic E-state index is 0.0944. The predicted molar refractivity (Wildman–Crippen MR) is 67.8 cm³/mol. The largest absolute Gasteiger partial charge is 0.356 e. The Morgan fingerprint density at radius 1 is 1.18 bits per heavy atom. The number of carbonyl (C=O) groups excluding carboxylic acids is 2. The van der Waals surface area contributed by atoms with Gasteiger partial charge in [0.15, 0.2) is 0 Å². The Morgan fingerprint density at radius 3 is 2.35 bits per heavy atom. The highest BCUT2D eigenvalue weighted by Crippen LogP contribution is 2.09. The summed E-state index contributed by atoms with van der Waals surface area (Å²) in [5, 5.41) is 5.36. The molecule has 0 atom stereocenters. The fourth-order valence-electron chi connectivity index (χ4n) is 1.40. The van der Waals surface area contributed by atoms with Gasteiger partial charge in [0.25, 0.3) is 0 Å². The zero-order valence-corrected chi connectivity index (χ0v) is 10.2. The molecule has 1 aromatic rings. The van der Waals surface area contributed by atoms with Crippen LogP contribution in [0.2, 0.25) is 0 Å². The van der Waals surface area contributed by atoms with Crippen molar-refractivity contribution in [2.75, 3.05) is 11.9 Å². The zero-order chi connectivity index (χ0) is 12.7. The molecule has 1 aromatic carbocycles. The van der Waals surface area contributed by atoms with Crippen LogP contribution in [0.15, 0.2) is 24.3 Å². The Morgan fingerprint density at radius 2 is 1.82 bits per heavy atom. The number of hydrogen-bond donors (Lipinski definition) is 2. The fourth-order valence-corrected chi connectivity index (χ4v) is 1.40. The van der Waals surface area contributed by atoms with Crippen LogP contribution in [0.4, 0.5) is 5.69 Å². The van der Waals surface area contributed by atoms with E-state index in [4.69, 9.17) is 0 Å². The van der Waals surface area contributed by atoms with E-state index >= 15 is 0 Å². The van der Waals surface area contributed by atoms with E-state index in [0.29, 0.717) is 6.54 Å². The first-order valence-corrected chi connectivity index (χ1v) is 5.75. The van der Waals surface area contributed by atoms with Gasteiger partial charge < -0.3 is 10.6 Å². The van der Waals surface area contributed by atoms with E-state index in [1.54, 1.807) is 0 Å². The molecule has 4 nitrogen and oxygen atoms in total. The molecule has 0 aliphatic carbocycles. The summed E-state index contributed by atoms with van der Waals surface area (Å²) >= 11 is 0. The second-order valence-corrected chi connectivity index (χ2v) is 3.83. The monoisotopic (exact) mass is 234 g/mol. The normalized spacial score (nSPS) is 9.76. The lowest BCUT2D eigenvalue weighted by Gasteiger charge is -2.06. The number of benzene rings is 1. The average molecular weight is 234 g/mol. The van der Waals surface area contributed by atoms with E-state index in [-0.39, 0.29) is 18.2 Å². The van der Waals surface area contributed by atoms with Gasteiger partial charge in [0.2, 0.25) is 11.8 Å². The van der Waals surface area contributed by atoms with Gasteiger partial charge in [-0.15, -0.1) is 0 Å². The quantitative estimate of drug-likeness (QED) is 0.815. The van der Waals surface area contributed by atoms with Crippen LogP contribution in [0.3, 0.4) is 0 Å². The Hall–Kier alpha value is -1.84. The molecular weight excluding hydrogens is 216 g/mol. The lowest BCUT2D eigenvalue weighted by Crippen LogP contribution is -2.25. The van der Waals surface area contributed by atoms with Gasteiger partial charge in [-0.1, -0.05) is 19.1 Å². The second kappa shape index (κ2) is 6.68. The van der Waals surface area contributed by atoms with Gasteiger partial charge in [0.05, 0.1) is 0 Å². The lowest BCUT2D eigenvalue weighted by atomic mass is 10.1. The summed E-state index contributed by atoms with van der Waals surface area (Å²) in [7, 11) is 0. The second-order valence-electron chi connectivity index (χ2n) is 3.83. The molecule has 2 amide bonds. The summed E-state index contributed by atoms with van der Waals surface area (Å²) in [5.74, 6) is -0.215. The third kappa shape index (κ3) is 5.15. The van der Waals surface area contributed by atoms with Crippen LogP contribution in [0, 0.1) is 0 Å². The van der Waals surface area contributed by atoms with E-state index in [1.165, 1.54) is 12.5 Å². The van der Waals surface area contributed by atoms with Crippen LogP contribution >= 0.6 is 0 Å². The van der Waals surface area contributed by atoms with Crippen molar-refractivity contribution in [3.63, 3.8) is 0 Å². The van der Waals surface area contributed by atoms with Crippen molar-refractivity contribution in [2.45, 2.75) is 26.7 Å². The molecule has 0 aliphatic rings. The first-order chi connectivity index (χ1) is 8.11. The summed E-state index contributed by atoms with van der Waals surface area (Å²) in [5.41, 5.74) is 2.02. The predicted octanol–water partition coefficient (Wildman–Crippen LogP) is 1.71. The van der Waals surface area contributed by atoms with Crippen LogP contribution in [0.5, 0.6) is 0 Å². The summed E-state index contributed by atoms with van der Waals surface area (Å²) in [6.07, 6.45) is 1.27. The molecule has 0 saturated heterocycles. The van der Waals surface area contributed by atoms with Gasteiger partial charge in [-0.25, -0.2) is 0 Å². The number of hydrogen-bond acceptors (Lipinski definition) is 2. The maximum Gasteiger partial charge on any atom is 0.226 e. The highest BCUT2D eigenvalue weighted by atomic mass is 16.2. The van der Waals surface area contributed by atoms with Gasteiger partial charge in [0.1, 0.15) is 0 Å². The molecule has 17 heavy (non-hydrogen) atoms. The summed E-state index contributed by atoms with van der Waals surface area (Å²) in [4.78, 5) is 22.1. The first kappa shape index (κ1) is 13.2. The number of carbonyl (C=O) groups is 2. The Labute approximate surface area is 101 Å². The molecule has 0 unspecified atom stereocenters. The molecule has 4 heteroatoms. The van der Waals surface area contributed by atoms with Crippen molar-refractivity contribution >= 4 is 17.5 Å². The van der Waals surface area contributed by atoms with E-state index in [1.807, 2.05) is 24.3 Å². The molecule has 0 aromatic heterocycles. The maximum absolute atomic E-state index is 11.5. The number of amides is 2. The van der Waals surface area contributed by atoms with Crippen molar-refractivity contribution in [3.05, 3.63) is 29.8 Å². The van der Waals surface area contributed by atoms with Crippen molar-refractivity contribution < 1.29 is 9.59 Å². The average Bonchev–Trinajstić information content (AvgIpc) is 2.29. The smallest absolute Gasteiger partial charge is 0.226 e. The Balaban J connectivity index is 2.37. The molecule has 0 aliphatic heterocycles. The lowest BCUT2D eigenvalue weighted by molar-refractivity contribution is -0.119. The number of nitrogens with one attached hydrogen (secondary N) is 2.